The third kappa shape index (κ3) is 2.19. The van der Waals surface area contributed by atoms with Gasteiger partial charge in [-0.25, -0.2) is 0 Å². The van der Waals surface area contributed by atoms with Crippen molar-refractivity contribution in [2.75, 3.05) is 13.1 Å². The van der Waals surface area contributed by atoms with E-state index in [0.717, 1.165) is 32.4 Å². The fraction of sp³-hybridized carbons (Fsp3) is 0.923. The molecule has 0 aromatic rings. The number of hydrogen-bond donors (Lipinski definition) is 1. The minimum atomic E-state index is -0.00239. The van der Waals surface area contributed by atoms with Crippen molar-refractivity contribution >= 4 is 18.3 Å². The van der Waals surface area contributed by atoms with Gasteiger partial charge in [-0.2, -0.15) is 0 Å². The summed E-state index contributed by atoms with van der Waals surface area (Å²) in [6, 6.07) is 0.337. The number of hydrogen-bond acceptors (Lipinski definition) is 2. The quantitative estimate of drug-likeness (QED) is 0.780. The number of carbonyl (C=O) groups excluding carboxylic acids is 1. The van der Waals surface area contributed by atoms with Crippen LogP contribution in [0.3, 0.4) is 0 Å². The smallest absolute Gasteiger partial charge is 0.228 e. The Kier molecular flexibility index (Phi) is 3.43. The van der Waals surface area contributed by atoms with Crippen molar-refractivity contribution in [3.05, 3.63) is 0 Å². The molecular weight excluding hydrogens is 236 g/mol. The maximum atomic E-state index is 12.3. The lowest BCUT2D eigenvalue weighted by molar-refractivity contribution is -0.135. The first-order chi connectivity index (χ1) is 7.60. The van der Waals surface area contributed by atoms with Crippen LogP contribution < -0.4 is 5.73 Å². The molecule has 3 fully saturated rings. The fourth-order valence-corrected chi connectivity index (χ4v) is 3.47. The van der Waals surface area contributed by atoms with Crippen molar-refractivity contribution in [2.24, 2.45) is 23.0 Å². The summed E-state index contributed by atoms with van der Waals surface area (Å²) >= 11 is 0. The second-order valence-electron chi connectivity index (χ2n) is 6.29. The molecule has 1 saturated heterocycles. The van der Waals surface area contributed by atoms with Gasteiger partial charge in [0.1, 0.15) is 0 Å². The Labute approximate surface area is 110 Å². The molecule has 0 aromatic carbocycles. The molecular formula is C13H23ClN2O. The highest BCUT2D eigenvalue weighted by Crippen LogP contribution is 2.48. The molecule has 2 saturated carbocycles. The molecule has 3 aliphatic rings. The van der Waals surface area contributed by atoms with E-state index >= 15 is 0 Å². The highest BCUT2D eigenvalue weighted by Gasteiger charge is 2.50. The highest BCUT2D eigenvalue weighted by atomic mass is 35.5. The van der Waals surface area contributed by atoms with Gasteiger partial charge in [0.15, 0.2) is 0 Å². The van der Waals surface area contributed by atoms with E-state index in [-0.39, 0.29) is 17.8 Å². The van der Waals surface area contributed by atoms with Crippen LogP contribution in [0.5, 0.6) is 0 Å². The molecule has 1 aliphatic heterocycles. The lowest BCUT2D eigenvalue weighted by atomic mass is 9.78. The molecule has 3 atom stereocenters. The lowest BCUT2D eigenvalue weighted by Gasteiger charge is -2.29. The van der Waals surface area contributed by atoms with Crippen molar-refractivity contribution in [1.82, 2.24) is 4.90 Å². The van der Waals surface area contributed by atoms with E-state index in [0.29, 0.717) is 23.8 Å². The average Bonchev–Trinajstić information content (AvgIpc) is 2.86. The average molecular weight is 259 g/mol. The van der Waals surface area contributed by atoms with E-state index in [1.54, 1.807) is 0 Å². The van der Waals surface area contributed by atoms with E-state index < -0.39 is 0 Å². The number of likely N-dealkylation sites (tertiary alicyclic amines) is 1. The van der Waals surface area contributed by atoms with E-state index in [1.165, 1.54) is 12.8 Å². The van der Waals surface area contributed by atoms with Crippen molar-refractivity contribution in [1.29, 1.82) is 0 Å². The zero-order valence-corrected chi connectivity index (χ0v) is 11.3. The van der Waals surface area contributed by atoms with E-state index in [4.69, 9.17) is 5.73 Å². The van der Waals surface area contributed by atoms with Gasteiger partial charge in [0, 0.05) is 24.5 Å². The monoisotopic (exact) mass is 258 g/mol. The van der Waals surface area contributed by atoms with E-state index in [2.05, 4.69) is 11.8 Å². The summed E-state index contributed by atoms with van der Waals surface area (Å²) in [5, 5.41) is 0. The number of halogens is 1. The molecule has 2 aliphatic carbocycles. The summed E-state index contributed by atoms with van der Waals surface area (Å²) in [5.41, 5.74) is 6.17. The Bertz CT molecular complexity index is 317. The summed E-state index contributed by atoms with van der Waals surface area (Å²) in [7, 11) is 0. The van der Waals surface area contributed by atoms with Crippen LogP contribution in [0.1, 0.15) is 39.0 Å². The normalized spacial score (nSPS) is 38.2. The Morgan fingerprint density at radius 3 is 2.59 bits per heavy atom. The van der Waals surface area contributed by atoms with Gasteiger partial charge in [-0.3, -0.25) is 4.79 Å². The standard InChI is InChI=1S/C13H22N2O.ClH/c1-13(5-6-13)12(16)15-7-9-3-2-4-11(14)10(9)8-15;/h9-11H,2-8,14H2,1H3;1H. The van der Waals surface area contributed by atoms with Gasteiger partial charge >= 0.3 is 0 Å². The van der Waals surface area contributed by atoms with E-state index in [1.807, 2.05) is 0 Å². The van der Waals surface area contributed by atoms with Gasteiger partial charge in [0.25, 0.3) is 0 Å². The highest BCUT2D eigenvalue weighted by molar-refractivity contribution is 5.85. The molecule has 2 N–H and O–H groups in total. The number of nitrogens with zero attached hydrogens (tertiary/aromatic N) is 1. The zero-order chi connectivity index (χ0) is 11.3. The minimum absolute atomic E-state index is 0. The number of carbonyl (C=O) groups is 1. The summed E-state index contributed by atoms with van der Waals surface area (Å²) in [4.78, 5) is 14.4. The van der Waals surface area contributed by atoms with Gasteiger partial charge < -0.3 is 10.6 Å². The van der Waals surface area contributed by atoms with Crippen LogP contribution in [0.25, 0.3) is 0 Å². The first-order valence-corrected chi connectivity index (χ1v) is 6.65. The maximum Gasteiger partial charge on any atom is 0.228 e. The topological polar surface area (TPSA) is 46.3 Å². The third-order valence-electron chi connectivity index (χ3n) is 4.96. The second-order valence-corrected chi connectivity index (χ2v) is 6.29. The molecule has 1 heterocycles. The van der Waals surface area contributed by atoms with E-state index in [9.17, 15) is 4.79 Å². The van der Waals surface area contributed by atoms with Crippen LogP contribution in [-0.4, -0.2) is 29.9 Å². The Morgan fingerprint density at radius 1 is 1.29 bits per heavy atom. The van der Waals surface area contributed by atoms with Crippen LogP contribution >= 0.6 is 12.4 Å². The SMILES string of the molecule is CC1(C(=O)N2CC3CCCC(N)C3C2)CC1.Cl. The number of amides is 1. The van der Waals surface area contributed by atoms with Crippen molar-refractivity contribution in [2.45, 2.75) is 45.1 Å². The molecule has 0 aromatic heterocycles. The Hall–Kier alpha value is -0.280. The van der Waals surface area contributed by atoms with Gasteiger partial charge in [-0.05, 0) is 37.5 Å². The lowest BCUT2D eigenvalue weighted by Crippen LogP contribution is -2.39. The fourth-order valence-electron chi connectivity index (χ4n) is 3.47. The Morgan fingerprint density at radius 2 is 2.00 bits per heavy atom. The Balaban J connectivity index is 0.00000108. The minimum Gasteiger partial charge on any atom is -0.342 e. The largest absolute Gasteiger partial charge is 0.342 e. The second kappa shape index (κ2) is 4.43. The number of rotatable bonds is 1. The maximum absolute atomic E-state index is 12.3. The molecule has 0 bridgehead atoms. The predicted molar refractivity (Wildman–Crippen MR) is 70.0 cm³/mol. The van der Waals surface area contributed by atoms with Crippen molar-refractivity contribution in [3.8, 4) is 0 Å². The van der Waals surface area contributed by atoms with Crippen molar-refractivity contribution in [3.63, 3.8) is 0 Å². The summed E-state index contributed by atoms with van der Waals surface area (Å²) in [6.45, 7) is 4.02. The number of nitrogens with two attached hydrogens (primary N) is 1. The molecule has 3 rings (SSSR count). The van der Waals surface area contributed by atoms with Gasteiger partial charge in [0.2, 0.25) is 5.91 Å². The van der Waals surface area contributed by atoms with Crippen LogP contribution in [0.4, 0.5) is 0 Å². The molecule has 1 amide bonds. The number of fused-ring (bicyclic) bond motifs is 1. The molecule has 3 unspecified atom stereocenters. The van der Waals surface area contributed by atoms with Crippen LogP contribution in [0, 0.1) is 17.3 Å². The summed E-state index contributed by atoms with van der Waals surface area (Å²) < 4.78 is 0. The first-order valence-electron chi connectivity index (χ1n) is 6.65. The van der Waals surface area contributed by atoms with Gasteiger partial charge in [0.05, 0.1) is 0 Å². The molecule has 98 valence electrons. The van der Waals surface area contributed by atoms with Crippen LogP contribution in [-0.2, 0) is 4.79 Å². The molecule has 0 spiro atoms. The van der Waals surface area contributed by atoms with Gasteiger partial charge in [-0.15, -0.1) is 12.4 Å². The molecule has 3 nitrogen and oxygen atoms in total. The third-order valence-corrected chi connectivity index (χ3v) is 4.96. The molecule has 0 radical (unpaired) electrons. The van der Waals surface area contributed by atoms with Gasteiger partial charge in [-0.1, -0.05) is 13.3 Å². The predicted octanol–water partition coefficient (Wildman–Crippen LogP) is 1.79. The van der Waals surface area contributed by atoms with Crippen LogP contribution in [0.15, 0.2) is 0 Å². The molecule has 4 heteroatoms. The summed E-state index contributed by atoms with van der Waals surface area (Å²) in [5.74, 6) is 1.67. The summed E-state index contributed by atoms with van der Waals surface area (Å²) in [6.07, 6.45) is 5.86. The first kappa shape index (κ1) is 13.2. The molecule has 17 heavy (non-hydrogen) atoms. The zero-order valence-electron chi connectivity index (χ0n) is 10.5. The van der Waals surface area contributed by atoms with Crippen LogP contribution in [0.2, 0.25) is 0 Å². The van der Waals surface area contributed by atoms with Crippen molar-refractivity contribution < 1.29 is 4.79 Å².